The minimum Gasteiger partial charge on any atom is -0.480 e. The number of rotatable bonds is 10. The smallest absolute Gasteiger partial charge is 0.408 e. The maximum Gasteiger partial charge on any atom is 0.408 e. The summed E-state index contributed by atoms with van der Waals surface area (Å²) in [6, 6.07) is 14.6. The molecule has 0 aliphatic rings. The van der Waals surface area contributed by atoms with E-state index in [0.29, 0.717) is 6.42 Å². The summed E-state index contributed by atoms with van der Waals surface area (Å²) in [5.41, 5.74) is 2.61. The van der Waals surface area contributed by atoms with Crippen molar-refractivity contribution in [1.82, 2.24) is 10.6 Å². The third-order valence-corrected chi connectivity index (χ3v) is 4.83. The van der Waals surface area contributed by atoms with Crippen molar-refractivity contribution in [1.29, 1.82) is 0 Å². The van der Waals surface area contributed by atoms with E-state index in [2.05, 4.69) is 10.6 Å². The van der Waals surface area contributed by atoms with Gasteiger partial charge in [0.1, 0.15) is 18.7 Å². The molecule has 0 spiro atoms. The average molecular weight is 427 g/mol. The molecular weight excluding hydrogens is 396 g/mol. The molecule has 0 aliphatic carbocycles. The van der Waals surface area contributed by atoms with E-state index < -0.39 is 30.1 Å². The Morgan fingerprint density at radius 1 is 0.935 bits per heavy atom. The van der Waals surface area contributed by atoms with Crippen molar-refractivity contribution >= 4 is 18.0 Å². The van der Waals surface area contributed by atoms with E-state index in [1.807, 2.05) is 75.4 Å². The number of hydrogen-bond donors (Lipinski definition) is 3. The zero-order valence-corrected chi connectivity index (χ0v) is 18.1. The van der Waals surface area contributed by atoms with E-state index in [0.717, 1.165) is 16.7 Å². The molecule has 2 aromatic carbocycles. The third kappa shape index (κ3) is 8.12. The van der Waals surface area contributed by atoms with E-state index in [4.69, 9.17) is 4.74 Å². The number of ether oxygens (including phenoxy) is 1. The van der Waals surface area contributed by atoms with E-state index >= 15 is 0 Å². The van der Waals surface area contributed by atoms with E-state index in [1.54, 1.807) is 0 Å². The molecule has 0 aromatic heterocycles. The van der Waals surface area contributed by atoms with Crippen LogP contribution in [0.5, 0.6) is 0 Å². The Labute approximate surface area is 182 Å². The molecule has 7 nitrogen and oxygen atoms in total. The Kier molecular flexibility index (Phi) is 9.06. The Morgan fingerprint density at radius 2 is 1.58 bits per heavy atom. The van der Waals surface area contributed by atoms with Crippen molar-refractivity contribution in [2.75, 3.05) is 0 Å². The van der Waals surface area contributed by atoms with Gasteiger partial charge in [-0.15, -0.1) is 0 Å². The molecule has 0 unspecified atom stereocenters. The standard InChI is InChI=1S/C24H30N2O5/c1-16(2)13-20(26-24(30)31-15-18-10-5-4-6-11-18)22(27)25-21(23(28)29)14-19-12-8-7-9-17(19)3/h4-12,16,20-21H,13-15H2,1-3H3,(H,25,27)(H,26,30)(H,28,29)/t20-,21-/m0/s1. The molecule has 2 atom stereocenters. The van der Waals surface area contributed by atoms with Gasteiger partial charge in [-0.1, -0.05) is 68.4 Å². The van der Waals surface area contributed by atoms with Crippen molar-refractivity contribution in [2.24, 2.45) is 5.92 Å². The predicted molar refractivity (Wildman–Crippen MR) is 117 cm³/mol. The first-order valence-electron chi connectivity index (χ1n) is 10.3. The van der Waals surface area contributed by atoms with Crippen LogP contribution in [0.25, 0.3) is 0 Å². The van der Waals surface area contributed by atoms with Crippen molar-refractivity contribution < 1.29 is 24.2 Å². The minimum atomic E-state index is -1.13. The first-order chi connectivity index (χ1) is 14.8. The molecule has 0 aliphatic heterocycles. The van der Waals surface area contributed by atoms with Crippen LogP contribution in [0.1, 0.15) is 37.0 Å². The van der Waals surface area contributed by atoms with Crippen LogP contribution in [0.15, 0.2) is 54.6 Å². The minimum absolute atomic E-state index is 0.0771. The number of amides is 2. The highest BCUT2D eigenvalue weighted by molar-refractivity contribution is 5.89. The molecule has 166 valence electrons. The number of carboxylic acid groups (broad SMARTS) is 1. The largest absolute Gasteiger partial charge is 0.480 e. The number of aliphatic carboxylic acids is 1. The SMILES string of the molecule is Cc1ccccc1C[C@H](NC(=O)[C@H](CC(C)C)NC(=O)OCc1ccccc1)C(=O)O. The summed E-state index contributed by atoms with van der Waals surface area (Å²) in [5.74, 6) is -1.58. The van der Waals surface area contributed by atoms with Crippen LogP contribution in [-0.4, -0.2) is 35.2 Å². The molecule has 31 heavy (non-hydrogen) atoms. The van der Waals surface area contributed by atoms with E-state index in [1.165, 1.54) is 0 Å². The lowest BCUT2D eigenvalue weighted by molar-refractivity contribution is -0.142. The van der Waals surface area contributed by atoms with Crippen molar-refractivity contribution in [3.05, 3.63) is 71.3 Å². The third-order valence-electron chi connectivity index (χ3n) is 4.83. The number of benzene rings is 2. The van der Waals surface area contributed by atoms with Gasteiger partial charge in [0.25, 0.3) is 0 Å². The number of hydrogen-bond acceptors (Lipinski definition) is 4. The monoisotopic (exact) mass is 426 g/mol. The Bertz CT molecular complexity index is 883. The molecule has 2 rings (SSSR count). The van der Waals surface area contributed by atoms with E-state index in [9.17, 15) is 19.5 Å². The molecule has 0 heterocycles. The highest BCUT2D eigenvalue weighted by Gasteiger charge is 2.28. The van der Waals surface area contributed by atoms with Crippen LogP contribution in [0.4, 0.5) is 4.79 Å². The molecule has 0 saturated carbocycles. The van der Waals surface area contributed by atoms with Crippen molar-refractivity contribution in [3.63, 3.8) is 0 Å². The zero-order valence-electron chi connectivity index (χ0n) is 18.1. The van der Waals surface area contributed by atoms with Crippen LogP contribution in [0.2, 0.25) is 0 Å². The van der Waals surface area contributed by atoms with Gasteiger partial charge in [-0.3, -0.25) is 4.79 Å². The summed E-state index contributed by atoms with van der Waals surface area (Å²) >= 11 is 0. The fourth-order valence-electron chi connectivity index (χ4n) is 3.14. The summed E-state index contributed by atoms with van der Waals surface area (Å²) in [6.07, 6.45) is -0.223. The normalized spacial score (nSPS) is 12.6. The molecule has 3 N–H and O–H groups in total. The van der Waals surface area contributed by atoms with Gasteiger partial charge in [-0.2, -0.15) is 0 Å². The summed E-state index contributed by atoms with van der Waals surface area (Å²) in [4.78, 5) is 36.8. The topological polar surface area (TPSA) is 105 Å². The maximum absolute atomic E-state index is 12.8. The Morgan fingerprint density at radius 3 is 2.19 bits per heavy atom. The first-order valence-corrected chi connectivity index (χ1v) is 10.3. The Hall–Kier alpha value is -3.35. The van der Waals surface area contributed by atoms with Crippen molar-refractivity contribution in [2.45, 2.75) is 52.3 Å². The van der Waals surface area contributed by atoms with Gasteiger partial charge in [0, 0.05) is 6.42 Å². The van der Waals surface area contributed by atoms with Gasteiger partial charge < -0.3 is 20.5 Å². The molecular formula is C24H30N2O5. The van der Waals surface area contributed by atoms with Crippen LogP contribution in [-0.2, 0) is 27.4 Å². The van der Waals surface area contributed by atoms with Crippen LogP contribution >= 0.6 is 0 Å². The molecule has 0 radical (unpaired) electrons. The highest BCUT2D eigenvalue weighted by atomic mass is 16.5. The summed E-state index contributed by atoms with van der Waals surface area (Å²) in [7, 11) is 0. The fraction of sp³-hybridized carbons (Fsp3) is 0.375. The van der Waals surface area contributed by atoms with Crippen LogP contribution in [0.3, 0.4) is 0 Å². The second-order valence-electron chi connectivity index (χ2n) is 7.92. The summed E-state index contributed by atoms with van der Waals surface area (Å²) < 4.78 is 5.21. The second kappa shape index (κ2) is 11.7. The predicted octanol–water partition coefficient (Wildman–Crippen LogP) is 3.45. The lowest BCUT2D eigenvalue weighted by Gasteiger charge is -2.23. The molecule has 2 aromatic rings. The molecule has 0 saturated heterocycles. The average Bonchev–Trinajstić information content (AvgIpc) is 2.73. The second-order valence-corrected chi connectivity index (χ2v) is 7.92. The van der Waals surface area contributed by atoms with Gasteiger partial charge in [0.05, 0.1) is 0 Å². The number of nitrogens with one attached hydrogen (secondary N) is 2. The van der Waals surface area contributed by atoms with Crippen molar-refractivity contribution in [3.8, 4) is 0 Å². The summed E-state index contributed by atoms with van der Waals surface area (Å²) in [6.45, 7) is 5.80. The van der Waals surface area contributed by atoms with Crippen LogP contribution in [0, 0.1) is 12.8 Å². The van der Waals surface area contributed by atoms with Gasteiger partial charge in [-0.25, -0.2) is 9.59 Å². The molecule has 2 amide bonds. The molecule has 0 fully saturated rings. The number of aryl methyl sites for hydroxylation is 1. The summed E-state index contributed by atoms with van der Waals surface area (Å²) in [5, 5.41) is 14.7. The quantitative estimate of drug-likeness (QED) is 0.540. The zero-order chi connectivity index (χ0) is 22.8. The van der Waals surface area contributed by atoms with Gasteiger partial charge in [0.15, 0.2) is 0 Å². The molecule has 0 bridgehead atoms. The first kappa shape index (κ1) is 23.9. The number of alkyl carbamates (subject to hydrolysis) is 1. The number of carbonyl (C=O) groups excluding carboxylic acids is 2. The lowest BCUT2D eigenvalue weighted by atomic mass is 9.99. The number of carboxylic acids is 1. The highest BCUT2D eigenvalue weighted by Crippen LogP contribution is 2.12. The van der Waals surface area contributed by atoms with Crippen LogP contribution < -0.4 is 10.6 Å². The number of carbonyl (C=O) groups is 3. The van der Waals surface area contributed by atoms with Gasteiger partial charge >= 0.3 is 12.1 Å². The van der Waals surface area contributed by atoms with Gasteiger partial charge in [0.2, 0.25) is 5.91 Å². The Balaban J connectivity index is 2.01. The maximum atomic E-state index is 12.8. The fourth-order valence-corrected chi connectivity index (χ4v) is 3.14. The molecule has 7 heteroatoms. The lowest BCUT2D eigenvalue weighted by Crippen LogP contribution is -2.52. The van der Waals surface area contributed by atoms with E-state index in [-0.39, 0.29) is 18.9 Å². The van der Waals surface area contributed by atoms with Gasteiger partial charge in [-0.05, 0) is 36.0 Å².